The number of thiophene rings is 1. The van der Waals surface area contributed by atoms with E-state index in [-0.39, 0.29) is 0 Å². The molecule has 0 saturated heterocycles. The average Bonchev–Trinajstić information content (AvgIpc) is 2.98. The number of nitrogens with zero attached hydrogens (tertiary/aromatic N) is 2. The molecular weight excluding hydrogens is 288 g/mol. The van der Waals surface area contributed by atoms with Gasteiger partial charge >= 0.3 is 0 Å². The van der Waals surface area contributed by atoms with Crippen LogP contribution in [0.4, 0.5) is 5.69 Å². The molecule has 0 aliphatic carbocycles. The Balaban J connectivity index is 2.06. The molecule has 0 N–H and O–H groups in total. The number of rotatable bonds is 6. The maximum atomic E-state index is 4.70. The molecule has 2 aromatic heterocycles. The summed E-state index contributed by atoms with van der Waals surface area (Å²) < 4.78 is 1.33. The zero-order chi connectivity index (χ0) is 15.4. The molecule has 0 aliphatic heterocycles. The van der Waals surface area contributed by atoms with E-state index in [2.05, 4.69) is 55.1 Å². The molecule has 0 bridgehead atoms. The Morgan fingerprint density at radius 3 is 2.50 bits per heavy atom. The normalized spacial score (nSPS) is 11.0. The van der Waals surface area contributed by atoms with Gasteiger partial charge in [0.15, 0.2) is 0 Å². The molecule has 0 amide bonds. The summed E-state index contributed by atoms with van der Waals surface area (Å²) in [5.74, 6) is 0. The lowest BCUT2D eigenvalue weighted by molar-refractivity contribution is 0.744. The van der Waals surface area contributed by atoms with E-state index in [1.165, 1.54) is 20.7 Å². The summed E-state index contributed by atoms with van der Waals surface area (Å²) in [6, 6.07) is 15.1. The van der Waals surface area contributed by atoms with Crippen LogP contribution in [-0.4, -0.2) is 18.1 Å². The lowest BCUT2D eigenvalue weighted by atomic mass is 10.2. The quantitative estimate of drug-likeness (QED) is 0.590. The molecule has 0 spiro atoms. The zero-order valence-corrected chi connectivity index (χ0v) is 14.1. The number of fused-ring (bicyclic) bond motifs is 1. The van der Waals surface area contributed by atoms with Crippen LogP contribution in [-0.2, 0) is 0 Å². The lowest BCUT2D eigenvalue weighted by Crippen LogP contribution is -2.25. The number of hydrogen-bond acceptors (Lipinski definition) is 3. The summed E-state index contributed by atoms with van der Waals surface area (Å²) in [6.07, 6.45) is 4.21. The van der Waals surface area contributed by atoms with E-state index in [4.69, 9.17) is 4.98 Å². The standard InChI is InChI=1S/C19H22N2S/c1-3-12-21(13-4-2)16-9-7-11-20-19(16)18-14-15-8-5-6-10-17(15)22-18/h5-11,14H,3-4,12-13H2,1-2H3. The van der Waals surface area contributed by atoms with Crippen LogP contribution in [0.1, 0.15) is 26.7 Å². The van der Waals surface area contributed by atoms with Crippen molar-refractivity contribution in [1.82, 2.24) is 4.98 Å². The Kier molecular flexibility index (Phi) is 4.74. The van der Waals surface area contributed by atoms with Gasteiger partial charge in [-0.1, -0.05) is 32.0 Å². The third kappa shape index (κ3) is 3.00. The van der Waals surface area contributed by atoms with E-state index >= 15 is 0 Å². The maximum Gasteiger partial charge on any atom is 0.103 e. The minimum absolute atomic E-state index is 1.08. The molecule has 3 rings (SSSR count). The second-order valence-corrected chi connectivity index (χ2v) is 6.59. The van der Waals surface area contributed by atoms with Crippen LogP contribution in [0.25, 0.3) is 20.7 Å². The molecule has 1 aromatic carbocycles. The van der Waals surface area contributed by atoms with Crippen molar-refractivity contribution in [3.05, 3.63) is 48.7 Å². The van der Waals surface area contributed by atoms with Gasteiger partial charge in [0.25, 0.3) is 0 Å². The van der Waals surface area contributed by atoms with Crippen LogP contribution >= 0.6 is 11.3 Å². The van der Waals surface area contributed by atoms with Crippen LogP contribution in [0.2, 0.25) is 0 Å². The van der Waals surface area contributed by atoms with Gasteiger partial charge < -0.3 is 4.90 Å². The molecule has 3 aromatic rings. The van der Waals surface area contributed by atoms with E-state index in [1.54, 1.807) is 0 Å². The van der Waals surface area contributed by atoms with Gasteiger partial charge in [0.2, 0.25) is 0 Å². The first-order chi connectivity index (χ1) is 10.8. The van der Waals surface area contributed by atoms with Crippen molar-refractivity contribution in [2.45, 2.75) is 26.7 Å². The highest BCUT2D eigenvalue weighted by atomic mass is 32.1. The molecule has 0 radical (unpaired) electrons. The second-order valence-electron chi connectivity index (χ2n) is 5.51. The summed E-state index contributed by atoms with van der Waals surface area (Å²) in [7, 11) is 0. The maximum absolute atomic E-state index is 4.70. The fourth-order valence-electron chi connectivity index (χ4n) is 2.83. The van der Waals surface area contributed by atoms with Crippen LogP contribution in [0.15, 0.2) is 48.7 Å². The van der Waals surface area contributed by atoms with Crippen molar-refractivity contribution in [3.63, 3.8) is 0 Å². The molecule has 114 valence electrons. The lowest BCUT2D eigenvalue weighted by Gasteiger charge is -2.25. The van der Waals surface area contributed by atoms with E-state index in [0.29, 0.717) is 0 Å². The number of anilines is 1. The highest BCUT2D eigenvalue weighted by Gasteiger charge is 2.14. The smallest absolute Gasteiger partial charge is 0.103 e. The van der Waals surface area contributed by atoms with Crippen molar-refractivity contribution in [1.29, 1.82) is 0 Å². The van der Waals surface area contributed by atoms with Gasteiger partial charge in [-0.3, -0.25) is 4.98 Å². The third-order valence-electron chi connectivity index (χ3n) is 3.77. The Labute approximate surface area is 136 Å². The van der Waals surface area contributed by atoms with Crippen molar-refractivity contribution in [3.8, 4) is 10.6 Å². The zero-order valence-electron chi connectivity index (χ0n) is 13.2. The first-order valence-electron chi connectivity index (χ1n) is 8.02. The van der Waals surface area contributed by atoms with Crippen LogP contribution in [0.3, 0.4) is 0 Å². The van der Waals surface area contributed by atoms with Gasteiger partial charge in [-0.15, -0.1) is 11.3 Å². The Hall–Kier alpha value is -1.87. The Bertz CT molecular complexity index is 709. The highest BCUT2D eigenvalue weighted by molar-refractivity contribution is 7.22. The molecule has 0 unspecified atom stereocenters. The number of pyridine rings is 1. The van der Waals surface area contributed by atoms with Crippen molar-refractivity contribution in [2.24, 2.45) is 0 Å². The summed E-state index contributed by atoms with van der Waals surface area (Å²) in [4.78, 5) is 8.42. The minimum Gasteiger partial charge on any atom is -0.370 e. The van der Waals surface area contributed by atoms with Gasteiger partial charge in [-0.25, -0.2) is 0 Å². The van der Waals surface area contributed by atoms with Gasteiger partial charge in [0.05, 0.1) is 10.6 Å². The predicted octanol–water partition coefficient (Wildman–Crippen LogP) is 5.59. The van der Waals surface area contributed by atoms with Gasteiger partial charge in [0, 0.05) is 24.0 Å². The third-order valence-corrected chi connectivity index (χ3v) is 4.90. The van der Waals surface area contributed by atoms with Crippen molar-refractivity contribution < 1.29 is 0 Å². The fourth-order valence-corrected chi connectivity index (χ4v) is 3.90. The predicted molar refractivity (Wildman–Crippen MR) is 97.9 cm³/mol. The summed E-state index contributed by atoms with van der Waals surface area (Å²) in [5.41, 5.74) is 2.38. The van der Waals surface area contributed by atoms with Crippen LogP contribution < -0.4 is 4.90 Å². The first-order valence-corrected chi connectivity index (χ1v) is 8.84. The molecule has 0 saturated carbocycles. The first kappa shape index (κ1) is 15.0. The number of benzene rings is 1. The largest absolute Gasteiger partial charge is 0.370 e. The molecular formula is C19H22N2S. The molecule has 0 atom stereocenters. The van der Waals surface area contributed by atoms with E-state index in [9.17, 15) is 0 Å². The topological polar surface area (TPSA) is 16.1 Å². The van der Waals surface area contributed by atoms with Gasteiger partial charge in [0.1, 0.15) is 5.69 Å². The fraction of sp³-hybridized carbons (Fsp3) is 0.316. The monoisotopic (exact) mass is 310 g/mol. The van der Waals surface area contributed by atoms with E-state index in [1.807, 2.05) is 23.6 Å². The van der Waals surface area contributed by atoms with Gasteiger partial charge in [-0.05, 0) is 42.5 Å². The molecule has 22 heavy (non-hydrogen) atoms. The molecule has 0 aliphatic rings. The van der Waals surface area contributed by atoms with Gasteiger partial charge in [-0.2, -0.15) is 0 Å². The summed E-state index contributed by atoms with van der Waals surface area (Å²) in [5, 5.41) is 1.30. The van der Waals surface area contributed by atoms with E-state index in [0.717, 1.165) is 31.6 Å². The molecule has 0 fully saturated rings. The van der Waals surface area contributed by atoms with Crippen molar-refractivity contribution in [2.75, 3.05) is 18.0 Å². The van der Waals surface area contributed by atoms with E-state index < -0.39 is 0 Å². The van der Waals surface area contributed by atoms with Crippen LogP contribution in [0.5, 0.6) is 0 Å². The number of hydrogen-bond donors (Lipinski definition) is 0. The summed E-state index contributed by atoms with van der Waals surface area (Å²) >= 11 is 1.83. The SMILES string of the molecule is CCCN(CCC)c1cccnc1-c1cc2ccccc2s1. The Morgan fingerprint density at radius 1 is 1.00 bits per heavy atom. The highest BCUT2D eigenvalue weighted by Crippen LogP contribution is 2.37. The average molecular weight is 310 g/mol. The number of aromatic nitrogens is 1. The molecule has 2 heterocycles. The summed E-state index contributed by atoms with van der Waals surface area (Å²) in [6.45, 7) is 6.63. The minimum atomic E-state index is 1.08. The van der Waals surface area contributed by atoms with Crippen molar-refractivity contribution >= 4 is 27.1 Å². The molecule has 3 heteroatoms. The van der Waals surface area contributed by atoms with Crippen LogP contribution in [0, 0.1) is 0 Å². The Morgan fingerprint density at radius 2 is 1.77 bits per heavy atom. The molecule has 2 nitrogen and oxygen atoms in total. The second kappa shape index (κ2) is 6.93.